The van der Waals surface area contributed by atoms with Crippen molar-refractivity contribution in [3.05, 3.63) is 54.0 Å². The summed E-state index contributed by atoms with van der Waals surface area (Å²) in [5, 5.41) is 12.3. The summed E-state index contributed by atoms with van der Waals surface area (Å²) >= 11 is 0. The third-order valence-corrected chi connectivity index (χ3v) is 3.88. The van der Waals surface area contributed by atoms with Crippen molar-refractivity contribution < 1.29 is 0 Å². The Morgan fingerprint density at radius 1 is 1.32 bits per heavy atom. The van der Waals surface area contributed by atoms with Crippen molar-refractivity contribution in [1.29, 1.82) is 5.26 Å². The van der Waals surface area contributed by atoms with E-state index in [-0.39, 0.29) is 0 Å². The maximum atomic E-state index is 8.80. The smallest absolute Gasteiger partial charge is 0.126 e. The van der Waals surface area contributed by atoms with Gasteiger partial charge < -0.3 is 5.32 Å². The van der Waals surface area contributed by atoms with Crippen LogP contribution in [-0.2, 0) is 6.54 Å². The minimum absolute atomic E-state index is 0.394. The summed E-state index contributed by atoms with van der Waals surface area (Å²) in [5.74, 6) is 0.840. The molecule has 3 heterocycles. The highest BCUT2D eigenvalue weighted by Crippen LogP contribution is 2.16. The monoisotopic (exact) mass is 293 g/mol. The van der Waals surface area contributed by atoms with Gasteiger partial charge in [0, 0.05) is 37.7 Å². The lowest BCUT2D eigenvalue weighted by molar-refractivity contribution is 0.208. The van der Waals surface area contributed by atoms with Crippen molar-refractivity contribution in [2.24, 2.45) is 0 Å². The van der Waals surface area contributed by atoms with Gasteiger partial charge in [-0.3, -0.25) is 9.88 Å². The number of piperidine rings is 1. The number of hydrogen-bond donors (Lipinski definition) is 1. The Morgan fingerprint density at radius 3 is 3.00 bits per heavy atom. The number of pyridine rings is 2. The van der Waals surface area contributed by atoms with E-state index in [2.05, 4.69) is 32.3 Å². The molecule has 3 rings (SSSR count). The second-order valence-electron chi connectivity index (χ2n) is 5.62. The predicted molar refractivity (Wildman–Crippen MR) is 85.1 cm³/mol. The van der Waals surface area contributed by atoms with Crippen molar-refractivity contribution in [1.82, 2.24) is 14.9 Å². The third-order valence-electron chi connectivity index (χ3n) is 3.88. The lowest BCUT2D eigenvalue weighted by Gasteiger charge is -2.33. The quantitative estimate of drug-likeness (QED) is 0.938. The van der Waals surface area contributed by atoms with Crippen LogP contribution in [0.4, 0.5) is 5.82 Å². The van der Waals surface area contributed by atoms with Gasteiger partial charge in [-0.2, -0.15) is 5.26 Å². The molecule has 1 saturated heterocycles. The maximum Gasteiger partial charge on any atom is 0.126 e. The first kappa shape index (κ1) is 14.5. The molecule has 5 nitrogen and oxygen atoms in total. The molecule has 1 fully saturated rings. The number of rotatable bonds is 4. The summed E-state index contributed by atoms with van der Waals surface area (Å²) in [6, 6.07) is 10.3. The Bertz CT molecular complexity index is 632. The van der Waals surface area contributed by atoms with Gasteiger partial charge in [0.25, 0.3) is 0 Å². The van der Waals surface area contributed by atoms with E-state index in [4.69, 9.17) is 5.26 Å². The van der Waals surface area contributed by atoms with E-state index >= 15 is 0 Å². The minimum atomic E-state index is 0.394. The Hall–Kier alpha value is -2.45. The molecular weight excluding hydrogens is 274 g/mol. The number of nitrogens with one attached hydrogen (secondary N) is 1. The van der Waals surface area contributed by atoms with Crippen LogP contribution >= 0.6 is 0 Å². The molecule has 0 aliphatic carbocycles. The van der Waals surface area contributed by atoms with Crippen LogP contribution in [0.25, 0.3) is 0 Å². The largest absolute Gasteiger partial charge is 0.366 e. The van der Waals surface area contributed by atoms with Gasteiger partial charge in [0.15, 0.2) is 0 Å². The molecule has 112 valence electrons. The number of likely N-dealkylation sites (tertiary alicyclic amines) is 1. The zero-order valence-corrected chi connectivity index (χ0v) is 12.4. The molecule has 5 heteroatoms. The summed E-state index contributed by atoms with van der Waals surface area (Å²) < 4.78 is 0. The normalized spacial score (nSPS) is 18.6. The Morgan fingerprint density at radius 2 is 2.27 bits per heavy atom. The fourth-order valence-corrected chi connectivity index (χ4v) is 2.82. The van der Waals surface area contributed by atoms with E-state index in [1.165, 1.54) is 12.0 Å². The summed E-state index contributed by atoms with van der Waals surface area (Å²) in [6.45, 7) is 3.05. The van der Waals surface area contributed by atoms with E-state index in [0.29, 0.717) is 11.6 Å². The summed E-state index contributed by atoms with van der Waals surface area (Å²) in [4.78, 5) is 10.9. The molecule has 22 heavy (non-hydrogen) atoms. The first-order valence-electron chi connectivity index (χ1n) is 7.57. The topological polar surface area (TPSA) is 64.8 Å². The Balaban J connectivity index is 1.57. The van der Waals surface area contributed by atoms with E-state index in [9.17, 15) is 0 Å². The van der Waals surface area contributed by atoms with Crippen LogP contribution in [0.1, 0.15) is 24.0 Å². The van der Waals surface area contributed by atoms with Gasteiger partial charge in [-0.05, 0) is 43.1 Å². The molecule has 1 unspecified atom stereocenters. The van der Waals surface area contributed by atoms with Crippen molar-refractivity contribution in [3.8, 4) is 6.07 Å². The van der Waals surface area contributed by atoms with Crippen LogP contribution < -0.4 is 5.32 Å². The summed E-state index contributed by atoms with van der Waals surface area (Å²) in [6.07, 6.45) is 7.66. The number of nitrogens with zero attached hydrogens (tertiary/aromatic N) is 4. The number of aromatic nitrogens is 2. The fourth-order valence-electron chi connectivity index (χ4n) is 2.82. The molecule has 2 aromatic heterocycles. The molecule has 0 spiro atoms. The standard InChI is InChI=1S/C17H19N5/c18-9-14-5-6-17(20-11-14)21-16-4-2-8-22(13-16)12-15-3-1-7-19-10-15/h1,3,5-7,10-11,16H,2,4,8,12-13H2,(H,20,21). The Labute approximate surface area is 130 Å². The van der Waals surface area contributed by atoms with Gasteiger partial charge in [0.1, 0.15) is 11.9 Å². The molecular formula is C17H19N5. The molecule has 0 aromatic carbocycles. The van der Waals surface area contributed by atoms with E-state index in [1.807, 2.05) is 18.3 Å². The lowest BCUT2D eigenvalue weighted by Crippen LogP contribution is -2.41. The first-order valence-corrected chi connectivity index (χ1v) is 7.57. The summed E-state index contributed by atoms with van der Waals surface area (Å²) in [7, 11) is 0. The molecule has 1 N–H and O–H groups in total. The highest BCUT2D eigenvalue weighted by molar-refractivity contribution is 5.39. The van der Waals surface area contributed by atoms with Crippen LogP contribution in [0.2, 0.25) is 0 Å². The second-order valence-corrected chi connectivity index (χ2v) is 5.62. The van der Waals surface area contributed by atoms with Crippen molar-refractivity contribution >= 4 is 5.82 Å². The van der Waals surface area contributed by atoms with Crippen LogP contribution in [-0.4, -0.2) is 34.0 Å². The van der Waals surface area contributed by atoms with Crippen LogP contribution in [0.5, 0.6) is 0 Å². The lowest BCUT2D eigenvalue weighted by atomic mass is 10.0. The average molecular weight is 293 g/mol. The van der Waals surface area contributed by atoms with Crippen LogP contribution in [0.3, 0.4) is 0 Å². The van der Waals surface area contributed by atoms with Crippen LogP contribution in [0.15, 0.2) is 42.9 Å². The average Bonchev–Trinajstić information content (AvgIpc) is 2.57. The first-order chi connectivity index (χ1) is 10.8. The van der Waals surface area contributed by atoms with E-state index in [0.717, 1.165) is 31.9 Å². The molecule has 1 aliphatic heterocycles. The fraction of sp³-hybridized carbons (Fsp3) is 0.353. The molecule has 0 radical (unpaired) electrons. The minimum Gasteiger partial charge on any atom is -0.366 e. The molecule has 2 aromatic rings. The highest BCUT2D eigenvalue weighted by atomic mass is 15.2. The van der Waals surface area contributed by atoms with Crippen molar-refractivity contribution in [2.45, 2.75) is 25.4 Å². The molecule has 0 saturated carbocycles. The van der Waals surface area contributed by atoms with Crippen LogP contribution in [0, 0.1) is 11.3 Å². The van der Waals surface area contributed by atoms with Gasteiger partial charge in [0.2, 0.25) is 0 Å². The van der Waals surface area contributed by atoms with Crippen molar-refractivity contribution in [2.75, 3.05) is 18.4 Å². The SMILES string of the molecule is N#Cc1ccc(NC2CCCN(Cc3cccnc3)C2)nc1. The van der Waals surface area contributed by atoms with Crippen molar-refractivity contribution in [3.63, 3.8) is 0 Å². The van der Waals surface area contributed by atoms with Gasteiger partial charge in [-0.25, -0.2) is 4.98 Å². The van der Waals surface area contributed by atoms with Gasteiger partial charge in [-0.15, -0.1) is 0 Å². The molecule has 0 bridgehead atoms. The van der Waals surface area contributed by atoms with Gasteiger partial charge in [-0.1, -0.05) is 6.07 Å². The van der Waals surface area contributed by atoms with E-state index in [1.54, 1.807) is 18.5 Å². The van der Waals surface area contributed by atoms with E-state index < -0.39 is 0 Å². The second kappa shape index (κ2) is 7.01. The third kappa shape index (κ3) is 3.80. The highest BCUT2D eigenvalue weighted by Gasteiger charge is 2.20. The summed E-state index contributed by atoms with van der Waals surface area (Å²) in [5.41, 5.74) is 1.84. The number of nitriles is 1. The number of hydrogen-bond acceptors (Lipinski definition) is 5. The maximum absolute atomic E-state index is 8.80. The Kier molecular flexibility index (Phi) is 4.62. The van der Waals surface area contributed by atoms with Gasteiger partial charge in [0.05, 0.1) is 5.56 Å². The molecule has 1 aliphatic rings. The molecule has 0 amide bonds. The zero-order valence-electron chi connectivity index (χ0n) is 12.4. The van der Waals surface area contributed by atoms with Gasteiger partial charge >= 0.3 is 0 Å². The zero-order chi connectivity index (χ0) is 15.2. The number of anilines is 1. The predicted octanol–water partition coefficient (Wildman–Crippen LogP) is 2.42. The molecule has 1 atom stereocenters.